The maximum Gasteiger partial charge on any atom is 0.255 e. The first-order valence-corrected chi connectivity index (χ1v) is 9.01. The molecule has 2 saturated heterocycles. The van der Waals surface area contributed by atoms with E-state index >= 15 is 0 Å². The Hall–Kier alpha value is -1.95. The van der Waals surface area contributed by atoms with Crippen LogP contribution in [0.1, 0.15) is 41.6 Å². The van der Waals surface area contributed by atoms with Gasteiger partial charge in [-0.1, -0.05) is 0 Å². The van der Waals surface area contributed by atoms with Gasteiger partial charge in [0, 0.05) is 52.1 Å². The molecular formula is C19H27N3O3. The zero-order valence-corrected chi connectivity index (χ0v) is 15.2. The Balaban J connectivity index is 1.61. The third-order valence-electron chi connectivity index (χ3n) is 5.55. The number of piperidine rings is 2. The van der Waals surface area contributed by atoms with Crippen LogP contribution in [0.25, 0.3) is 0 Å². The summed E-state index contributed by atoms with van der Waals surface area (Å²) < 4.78 is 5.12. The van der Waals surface area contributed by atoms with Crippen LogP contribution in [-0.2, 0) is 9.53 Å². The van der Waals surface area contributed by atoms with Gasteiger partial charge in [0.1, 0.15) is 0 Å². The van der Waals surface area contributed by atoms with E-state index < -0.39 is 0 Å². The number of pyridine rings is 1. The van der Waals surface area contributed by atoms with Crippen LogP contribution in [0.4, 0.5) is 0 Å². The van der Waals surface area contributed by atoms with Crippen LogP contribution in [0.2, 0.25) is 0 Å². The Labute approximate surface area is 149 Å². The number of carbonyl (C=O) groups excluding carboxylic acids is 2. The van der Waals surface area contributed by atoms with Crippen molar-refractivity contribution in [2.24, 2.45) is 5.41 Å². The lowest BCUT2D eigenvalue weighted by atomic mass is 9.72. The Morgan fingerprint density at radius 1 is 1.28 bits per heavy atom. The molecule has 136 valence electrons. The molecule has 2 aliphatic heterocycles. The molecule has 25 heavy (non-hydrogen) atoms. The van der Waals surface area contributed by atoms with E-state index in [1.807, 2.05) is 22.8 Å². The van der Waals surface area contributed by atoms with Crippen molar-refractivity contribution in [3.05, 3.63) is 29.6 Å². The highest BCUT2D eigenvalue weighted by atomic mass is 16.5. The van der Waals surface area contributed by atoms with Crippen molar-refractivity contribution >= 4 is 11.8 Å². The van der Waals surface area contributed by atoms with E-state index in [1.54, 1.807) is 19.5 Å². The fourth-order valence-corrected chi connectivity index (χ4v) is 3.95. The lowest BCUT2D eigenvalue weighted by Crippen LogP contribution is -2.52. The van der Waals surface area contributed by atoms with Crippen LogP contribution >= 0.6 is 0 Å². The highest BCUT2D eigenvalue weighted by molar-refractivity contribution is 5.94. The minimum atomic E-state index is 0.0641. The summed E-state index contributed by atoms with van der Waals surface area (Å²) in [6.45, 7) is 5.48. The van der Waals surface area contributed by atoms with Crippen LogP contribution < -0.4 is 0 Å². The van der Waals surface area contributed by atoms with E-state index in [4.69, 9.17) is 4.74 Å². The molecule has 1 aromatic heterocycles. The molecule has 3 heterocycles. The summed E-state index contributed by atoms with van der Waals surface area (Å²) in [4.78, 5) is 32.8. The number of likely N-dealkylation sites (tertiary alicyclic amines) is 2. The number of aryl methyl sites for hydroxylation is 1. The fraction of sp³-hybridized carbons (Fsp3) is 0.632. The van der Waals surface area contributed by atoms with Crippen LogP contribution in [0.15, 0.2) is 18.5 Å². The van der Waals surface area contributed by atoms with Gasteiger partial charge >= 0.3 is 0 Å². The molecule has 6 heteroatoms. The number of rotatable bonds is 4. The quantitative estimate of drug-likeness (QED) is 0.836. The van der Waals surface area contributed by atoms with Gasteiger partial charge in [0.05, 0.1) is 12.2 Å². The number of nitrogens with zero attached hydrogens (tertiary/aromatic N) is 3. The molecule has 2 fully saturated rings. The molecule has 1 aromatic rings. The monoisotopic (exact) mass is 345 g/mol. The summed E-state index contributed by atoms with van der Waals surface area (Å²) in [6, 6.07) is 1.89. The maximum atomic E-state index is 12.7. The Kier molecular flexibility index (Phi) is 5.37. The van der Waals surface area contributed by atoms with Crippen molar-refractivity contribution in [2.75, 3.05) is 39.9 Å². The molecular weight excluding hydrogens is 318 g/mol. The number of hydrogen-bond acceptors (Lipinski definition) is 4. The molecule has 3 rings (SSSR count). The van der Waals surface area contributed by atoms with Crippen molar-refractivity contribution in [3.8, 4) is 0 Å². The van der Waals surface area contributed by atoms with Crippen molar-refractivity contribution < 1.29 is 14.3 Å². The summed E-state index contributed by atoms with van der Waals surface area (Å²) >= 11 is 0. The molecule has 0 bridgehead atoms. The van der Waals surface area contributed by atoms with Gasteiger partial charge in [0.25, 0.3) is 5.91 Å². The Morgan fingerprint density at radius 3 is 2.72 bits per heavy atom. The normalized spacial score (nSPS) is 20.2. The summed E-state index contributed by atoms with van der Waals surface area (Å²) in [5.41, 5.74) is 1.82. The number of carbonyl (C=O) groups is 2. The van der Waals surface area contributed by atoms with Crippen LogP contribution in [0.3, 0.4) is 0 Å². The van der Waals surface area contributed by atoms with Gasteiger partial charge < -0.3 is 14.5 Å². The summed E-state index contributed by atoms with van der Waals surface area (Å²) in [6.07, 6.45) is 6.85. The molecule has 0 N–H and O–H groups in total. The first-order chi connectivity index (χ1) is 12.0. The van der Waals surface area contributed by atoms with E-state index in [0.717, 1.165) is 44.5 Å². The SMILES string of the molecule is COCCN1CC2(CCC1=O)CCN(C(=O)c1cncc(C)c1)CC2. The zero-order valence-electron chi connectivity index (χ0n) is 15.2. The minimum absolute atomic E-state index is 0.0641. The van der Waals surface area contributed by atoms with E-state index in [2.05, 4.69) is 4.98 Å². The van der Waals surface area contributed by atoms with Crippen LogP contribution in [-0.4, -0.2) is 66.5 Å². The summed E-state index contributed by atoms with van der Waals surface area (Å²) in [5, 5.41) is 0. The van der Waals surface area contributed by atoms with E-state index in [-0.39, 0.29) is 17.2 Å². The van der Waals surface area contributed by atoms with E-state index in [1.165, 1.54) is 0 Å². The molecule has 0 atom stereocenters. The molecule has 0 aliphatic carbocycles. The van der Waals surface area contributed by atoms with Crippen molar-refractivity contribution in [2.45, 2.75) is 32.6 Å². The highest BCUT2D eigenvalue weighted by Gasteiger charge is 2.41. The first-order valence-electron chi connectivity index (χ1n) is 9.01. The second kappa shape index (κ2) is 7.52. The van der Waals surface area contributed by atoms with Gasteiger partial charge in [0.15, 0.2) is 0 Å². The summed E-state index contributed by atoms with van der Waals surface area (Å²) in [7, 11) is 1.66. The Morgan fingerprint density at radius 2 is 2.04 bits per heavy atom. The topological polar surface area (TPSA) is 62.7 Å². The number of aromatic nitrogens is 1. The largest absolute Gasteiger partial charge is 0.383 e. The number of ether oxygens (including phenoxy) is 1. The average Bonchev–Trinajstić information content (AvgIpc) is 2.63. The van der Waals surface area contributed by atoms with Crippen molar-refractivity contribution in [1.82, 2.24) is 14.8 Å². The molecule has 2 aliphatic rings. The van der Waals surface area contributed by atoms with E-state index in [0.29, 0.717) is 25.1 Å². The van der Waals surface area contributed by atoms with Crippen LogP contribution in [0.5, 0.6) is 0 Å². The number of amides is 2. The molecule has 0 unspecified atom stereocenters. The number of hydrogen-bond donors (Lipinski definition) is 0. The van der Waals surface area contributed by atoms with Crippen molar-refractivity contribution in [3.63, 3.8) is 0 Å². The fourth-order valence-electron chi connectivity index (χ4n) is 3.95. The van der Waals surface area contributed by atoms with Gasteiger partial charge in [-0.25, -0.2) is 0 Å². The summed E-state index contributed by atoms with van der Waals surface area (Å²) in [5.74, 6) is 0.293. The Bertz CT molecular complexity index is 639. The lowest BCUT2D eigenvalue weighted by Gasteiger charge is -2.47. The molecule has 6 nitrogen and oxygen atoms in total. The van der Waals surface area contributed by atoms with Gasteiger partial charge in [-0.05, 0) is 43.2 Å². The van der Waals surface area contributed by atoms with Crippen LogP contribution in [0, 0.1) is 12.3 Å². The smallest absolute Gasteiger partial charge is 0.255 e. The third kappa shape index (κ3) is 4.00. The second-order valence-electron chi connectivity index (χ2n) is 7.35. The molecule has 0 radical (unpaired) electrons. The maximum absolute atomic E-state index is 12.7. The molecule has 0 aromatic carbocycles. The van der Waals surface area contributed by atoms with Gasteiger partial charge in [0.2, 0.25) is 5.91 Å². The second-order valence-corrected chi connectivity index (χ2v) is 7.35. The number of methoxy groups -OCH3 is 1. The highest BCUT2D eigenvalue weighted by Crippen LogP contribution is 2.40. The predicted octanol–water partition coefficient (Wildman–Crippen LogP) is 1.88. The average molecular weight is 345 g/mol. The zero-order chi connectivity index (χ0) is 17.9. The van der Waals surface area contributed by atoms with Gasteiger partial charge in [-0.3, -0.25) is 14.6 Å². The first kappa shape index (κ1) is 17.9. The lowest BCUT2D eigenvalue weighted by molar-refractivity contribution is -0.139. The van der Waals surface area contributed by atoms with Gasteiger partial charge in [-0.15, -0.1) is 0 Å². The third-order valence-corrected chi connectivity index (χ3v) is 5.55. The molecule has 1 spiro atoms. The predicted molar refractivity (Wildman–Crippen MR) is 94.2 cm³/mol. The minimum Gasteiger partial charge on any atom is -0.383 e. The standard InChI is InChI=1S/C19H27N3O3/c1-15-11-16(13-20-12-15)18(24)21-7-5-19(6-8-21)4-3-17(23)22(14-19)9-10-25-2/h11-13H,3-10,14H2,1-2H3. The van der Waals surface area contributed by atoms with E-state index in [9.17, 15) is 9.59 Å². The molecule has 0 saturated carbocycles. The van der Waals surface area contributed by atoms with Crippen molar-refractivity contribution in [1.29, 1.82) is 0 Å². The van der Waals surface area contributed by atoms with Gasteiger partial charge in [-0.2, -0.15) is 0 Å². The molecule has 2 amide bonds.